The number of piperidine rings is 1. The predicted molar refractivity (Wildman–Crippen MR) is 105 cm³/mol. The van der Waals surface area contributed by atoms with Gasteiger partial charge in [-0.15, -0.1) is 0 Å². The second kappa shape index (κ2) is 6.18. The normalized spacial score (nSPS) is 15.7. The molecule has 0 amide bonds. The van der Waals surface area contributed by atoms with Crippen molar-refractivity contribution in [2.24, 2.45) is 7.05 Å². The molecule has 2 aromatic carbocycles. The van der Waals surface area contributed by atoms with Crippen LogP contribution in [0.4, 0.5) is 11.4 Å². The molecule has 132 valence electrons. The summed E-state index contributed by atoms with van der Waals surface area (Å²) in [5.74, 6) is 0.660. The van der Waals surface area contributed by atoms with Crippen LogP contribution in [0.25, 0.3) is 22.0 Å². The highest BCUT2D eigenvalue weighted by atomic mass is 16.3. The van der Waals surface area contributed by atoms with E-state index < -0.39 is 0 Å². The fraction of sp³-hybridized carbons (Fsp3) is 0.286. The Balaban J connectivity index is 1.48. The predicted octanol–water partition coefficient (Wildman–Crippen LogP) is 4.53. The SMILES string of the molecule is Cn1cc(C2CCNCC2)c2ccc(Nc3ccc4ocnc4c3)cc21. The van der Waals surface area contributed by atoms with Gasteiger partial charge in [0, 0.05) is 30.0 Å². The van der Waals surface area contributed by atoms with Gasteiger partial charge in [0.05, 0.1) is 5.52 Å². The van der Waals surface area contributed by atoms with Crippen LogP contribution in [-0.2, 0) is 7.05 Å². The number of oxazole rings is 1. The lowest BCUT2D eigenvalue weighted by molar-refractivity contribution is 0.462. The topological polar surface area (TPSA) is 55.0 Å². The number of fused-ring (bicyclic) bond motifs is 2. The lowest BCUT2D eigenvalue weighted by atomic mass is 9.90. The first-order valence-electron chi connectivity index (χ1n) is 9.18. The van der Waals surface area contributed by atoms with E-state index in [1.807, 2.05) is 18.2 Å². The van der Waals surface area contributed by atoms with Crippen LogP contribution in [0.1, 0.15) is 24.3 Å². The molecule has 0 radical (unpaired) electrons. The highest BCUT2D eigenvalue weighted by molar-refractivity contribution is 5.88. The van der Waals surface area contributed by atoms with Gasteiger partial charge < -0.3 is 19.6 Å². The molecule has 1 fully saturated rings. The van der Waals surface area contributed by atoms with Crippen LogP contribution in [0.3, 0.4) is 0 Å². The van der Waals surface area contributed by atoms with Gasteiger partial charge in [-0.25, -0.2) is 4.98 Å². The van der Waals surface area contributed by atoms with Crippen LogP contribution < -0.4 is 10.6 Å². The Hall–Kier alpha value is -2.79. The van der Waals surface area contributed by atoms with E-state index in [-0.39, 0.29) is 0 Å². The van der Waals surface area contributed by atoms with E-state index in [9.17, 15) is 0 Å². The summed E-state index contributed by atoms with van der Waals surface area (Å²) in [6.45, 7) is 2.23. The van der Waals surface area contributed by atoms with Crippen molar-refractivity contribution >= 4 is 33.4 Å². The average molecular weight is 346 g/mol. The van der Waals surface area contributed by atoms with Crippen LogP contribution >= 0.6 is 0 Å². The van der Waals surface area contributed by atoms with Gasteiger partial charge >= 0.3 is 0 Å². The maximum absolute atomic E-state index is 5.31. The first-order chi connectivity index (χ1) is 12.8. The van der Waals surface area contributed by atoms with E-state index in [1.165, 1.54) is 35.7 Å². The lowest BCUT2D eigenvalue weighted by Gasteiger charge is -2.22. The Morgan fingerprint density at radius 3 is 2.81 bits per heavy atom. The molecule has 0 atom stereocenters. The molecule has 0 bridgehead atoms. The van der Waals surface area contributed by atoms with Crippen LogP contribution in [0.2, 0.25) is 0 Å². The highest BCUT2D eigenvalue weighted by Crippen LogP contribution is 2.34. The third-order valence-corrected chi connectivity index (χ3v) is 5.42. The largest absolute Gasteiger partial charge is 0.443 e. The number of anilines is 2. The monoisotopic (exact) mass is 346 g/mol. The molecular weight excluding hydrogens is 324 g/mol. The van der Waals surface area contributed by atoms with E-state index in [2.05, 4.69) is 51.6 Å². The molecule has 0 aliphatic carbocycles. The number of aryl methyl sites for hydroxylation is 1. The molecule has 26 heavy (non-hydrogen) atoms. The summed E-state index contributed by atoms with van der Waals surface area (Å²) in [4.78, 5) is 4.22. The number of aromatic nitrogens is 2. The van der Waals surface area contributed by atoms with Crippen LogP contribution in [0.5, 0.6) is 0 Å². The van der Waals surface area contributed by atoms with Gasteiger partial charge in [-0.3, -0.25) is 0 Å². The molecule has 1 aliphatic heterocycles. The number of nitrogens with one attached hydrogen (secondary N) is 2. The smallest absolute Gasteiger partial charge is 0.181 e. The molecule has 1 aliphatic rings. The van der Waals surface area contributed by atoms with Crippen molar-refractivity contribution in [2.45, 2.75) is 18.8 Å². The average Bonchev–Trinajstić information content (AvgIpc) is 3.27. The first-order valence-corrected chi connectivity index (χ1v) is 9.18. The second-order valence-electron chi connectivity index (χ2n) is 7.11. The van der Waals surface area contributed by atoms with Crippen molar-refractivity contribution in [3.05, 3.63) is 54.6 Å². The lowest BCUT2D eigenvalue weighted by Crippen LogP contribution is -2.26. The second-order valence-corrected chi connectivity index (χ2v) is 7.11. The van der Waals surface area contributed by atoms with Crippen LogP contribution in [0, 0.1) is 0 Å². The quantitative estimate of drug-likeness (QED) is 0.572. The van der Waals surface area contributed by atoms with Gasteiger partial charge in [0.25, 0.3) is 0 Å². The number of hydrogen-bond donors (Lipinski definition) is 2. The molecule has 0 saturated carbocycles. The van der Waals surface area contributed by atoms with Gasteiger partial charge in [-0.1, -0.05) is 6.07 Å². The third kappa shape index (κ3) is 2.65. The number of rotatable bonds is 3. The summed E-state index contributed by atoms with van der Waals surface area (Å²) >= 11 is 0. The fourth-order valence-electron chi connectivity index (χ4n) is 4.05. The van der Waals surface area contributed by atoms with Crippen molar-refractivity contribution in [3.8, 4) is 0 Å². The van der Waals surface area contributed by atoms with Crippen molar-refractivity contribution in [3.63, 3.8) is 0 Å². The Labute approximate surface area is 152 Å². The highest BCUT2D eigenvalue weighted by Gasteiger charge is 2.19. The molecule has 5 rings (SSSR count). The summed E-state index contributed by atoms with van der Waals surface area (Å²) in [5.41, 5.74) is 6.52. The molecule has 4 aromatic rings. The Morgan fingerprint density at radius 2 is 1.92 bits per heavy atom. The molecule has 0 spiro atoms. The molecule has 5 nitrogen and oxygen atoms in total. The molecule has 1 saturated heterocycles. The molecule has 3 heterocycles. The van der Waals surface area contributed by atoms with Crippen LogP contribution in [0.15, 0.2) is 53.4 Å². The minimum Gasteiger partial charge on any atom is -0.443 e. The number of nitrogens with zero attached hydrogens (tertiary/aromatic N) is 2. The summed E-state index contributed by atoms with van der Waals surface area (Å²) in [5, 5.41) is 8.32. The van der Waals surface area contributed by atoms with E-state index in [0.29, 0.717) is 5.92 Å². The minimum absolute atomic E-state index is 0.660. The van der Waals surface area contributed by atoms with E-state index in [0.717, 1.165) is 35.6 Å². The Morgan fingerprint density at radius 1 is 1.12 bits per heavy atom. The minimum atomic E-state index is 0.660. The fourth-order valence-corrected chi connectivity index (χ4v) is 4.05. The van der Waals surface area contributed by atoms with Crippen LogP contribution in [-0.4, -0.2) is 22.6 Å². The van der Waals surface area contributed by atoms with Gasteiger partial charge in [-0.05, 0) is 67.7 Å². The third-order valence-electron chi connectivity index (χ3n) is 5.42. The molecule has 5 heteroatoms. The van der Waals surface area contributed by atoms with Gasteiger partial charge in [0.2, 0.25) is 0 Å². The van der Waals surface area contributed by atoms with Crippen molar-refractivity contribution in [1.82, 2.24) is 14.9 Å². The van der Waals surface area contributed by atoms with Gasteiger partial charge in [-0.2, -0.15) is 0 Å². The number of hydrogen-bond acceptors (Lipinski definition) is 4. The summed E-state index contributed by atoms with van der Waals surface area (Å²) in [7, 11) is 2.14. The number of benzene rings is 2. The summed E-state index contributed by atoms with van der Waals surface area (Å²) in [6, 6.07) is 12.6. The Kier molecular flexibility index (Phi) is 3.68. The van der Waals surface area contributed by atoms with Crippen molar-refractivity contribution in [2.75, 3.05) is 18.4 Å². The summed E-state index contributed by atoms with van der Waals surface area (Å²) in [6.07, 6.45) is 6.23. The Bertz CT molecular complexity index is 1070. The zero-order chi connectivity index (χ0) is 17.5. The zero-order valence-electron chi connectivity index (χ0n) is 14.8. The summed E-state index contributed by atoms with van der Waals surface area (Å²) < 4.78 is 7.56. The zero-order valence-corrected chi connectivity index (χ0v) is 14.8. The van der Waals surface area contributed by atoms with Gasteiger partial charge in [0.1, 0.15) is 5.52 Å². The maximum Gasteiger partial charge on any atom is 0.181 e. The maximum atomic E-state index is 5.31. The van der Waals surface area contributed by atoms with E-state index in [4.69, 9.17) is 4.42 Å². The van der Waals surface area contributed by atoms with Crippen molar-refractivity contribution in [1.29, 1.82) is 0 Å². The standard InChI is InChI=1S/C21H22N4O/c1-25-12-18(14-6-8-22-9-7-14)17-4-2-16(11-20(17)25)24-15-3-5-21-19(10-15)23-13-26-21/h2-5,10-14,22,24H,6-9H2,1H3. The molecular formula is C21H22N4O. The van der Waals surface area contributed by atoms with E-state index in [1.54, 1.807) is 0 Å². The molecule has 2 N–H and O–H groups in total. The molecule has 0 unspecified atom stereocenters. The first kappa shape index (κ1) is 15.5. The van der Waals surface area contributed by atoms with Crippen molar-refractivity contribution < 1.29 is 4.42 Å². The van der Waals surface area contributed by atoms with E-state index >= 15 is 0 Å². The molecule has 2 aromatic heterocycles. The van der Waals surface area contributed by atoms with Gasteiger partial charge in [0.15, 0.2) is 12.0 Å².